The number of aliphatic hydroxyl groups is 1. The molecule has 0 aromatic heterocycles. The van der Waals surface area contributed by atoms with E-state index in [9.17, 15) is 0 Å². The van der Waals surface area contributed by atoms with Crippen molar-refractivity contribution in [2.45, 2.75) is 45.6 Å². The summed E-state index contributed by atoms with van der Waals surface area (Å²) in [6, 6.07) is 0. The van der Waals surface area contributed by atoms with Gasteiger partial charge in [0.2, 0.25) is 0 Å². The lowest BCUT2D eigenvalue weighted by Gasteiger charge is -2.39. The molecule has 1 N–H and O–H groups in total. The Kier molecular flexibility index (Phi) is 1.80. The van der Waals surface area contributed by atoms with Crippen molar-refractivity contribution < 1.29 is 5.11 Å². The van der Waals surface area contributed by atoms with Crippen molar-refractivity contribution in [2.75, 3.05) is 0 Å². The Morgan fingerprint density at radius 3 is 2.22 bits per heavy atom. The zero-order valence-corrected chi connectivity index (χ0v) is 6.35. The molecule has 1 unspecified atom stereocenters. The zero-order chi connectivity index (χ0) is 6.91. The Bertz CT molecular complexity index is 92.7. The molecule has 1 atom stereocenters. The molecule has 9 heavy (non-hydrogen) atoms. The van der Waals surface area contributed by atoms with Crippen molar-refractivity contribution in [3.8, 4) is 0 Å². The third-order valence-corrected chi connectivity index (χ3v) is 2.35. The van der Waals surface area contributed by atoms with Crippen LogP contribution >= 0.6 is 0 Å². The third-order valence-electron chi connectivity index (χ3n) is 2.35. The Labute approximate surface area is 57.1 Å². The highest BCUT2D eigenvalue weighted by molar-refractivity contribution is 4.84. The van der Waals surface area contributed by atoms with Crippen LogP contribution in [0.5, 0.6) is 0 Å². The van der Waals surface area contributed by atoms with E-state index >= 15 is 0 Å². The van der Waals surface area contributed by atoms with Crippen LogP contribution in [0.15, 0.2) is 0 Å². The van der Waals surface area contributed by atoms with Gasteiger partial charge in [-0.05, 0) is 31.6 Å². The molecule has 1 aliphatic carbocycles. The maximum atomic E-state index is 9.05. The lowest BCUT2D eigenvalue weighted by atomic mass is 9.67. The maximum Gasteiger partial charge on any atom is 0.0517 e. The Morgan fingerprint density at radius 2 is 2.11 bits per heavy atom. The van der Waals surface area contributed by atoms with E-state index in [4.69, 9.17) is 5.11 Å². The highest BCUT2D eigenvalue weighted by Crippen LogP contribution is 2.43. The van der Waals surface area contributed by atoms with E-state index in [0.717, 1.165) is 6.42 Å². The second kappa shape index (κ2) is 2.30. The second-order valence-corrected chi connectivity index (χ2v) is 3.72. The van der Waals surface area contributed by atoms with Crippen molar-refractivity contribution in [1.82, 2.24) is 0 Å². The van der Waals surface area contributed by atoms with Crippen LogP contribution in [0, 0.1) is 5.41 Å². The average Bonchev–Trinajstić information content (AvgIpc) is 1.60. The number of hydrogen-bond donors (Lipinski definition) is 1. The quantitative estimate of drug-likeness (QED) is 0.602. The summed E-state index contributed by atoms with van der Waals surface area (Å²) < 4.78 is 0. The first-order chi connectivity index (χ1) is 4.12. The summed E-state index contributed by atoms with van der Waals surface area (Å²) in [7, 11) is 0. The summed E-state index contributed by atoms with van der Waals surface area (Å²) in [5.74, 6) is 0. The lowest BCUT2D eigenvalue weighted by molar-refractivity contribution is 0.0648. The van der Waals surface area contributed by atoms with Gasteiger partial charge in [-0.3, -0.25) is 0 Å². The topological polar surface area (TPSA) is 20.2 Å². The van der Waals surface area contributed by atoms with Gasteiger partial charge < -0.3 is 5.11 Å². The van der Waals surface area contributed by atoms with Crippen LogP contribution in [0.25, 0.3) is 0 Å². The molecule has 54 valence electrons. The van der Waals surface area contributed by atoms with Gasteiger partial charge in [-0.15, -0.1) is 0 Å². The molecule has 0 saturated heterocycles. The molecule has 1 saturated carbocycles. The van der Waals surface area contributed by atoms with E-state index in [0.29, 0.717) is 5.41 Å². The first kappa shape index (κ1) is 7.07. The number of hydrogen-bond acceptors (Lipinski definition) is 1. The minimum absolute atomic E-state index is 0.102. The Hall–Kier alpha value is -0.0400. The first-order valence-corrected chi connectivity index (χ1v) is 3.80. The summed E-state index contributed by atoms with van der Waals surface area (Å²) in [4.78, 5) is 0. The van der Waals surface area contributed by atoms with Crippen LogP contribution in [0.3, 0.4) is 0 Å². The van der Waals surface area contributed by atoms with E-state index in [1.54, 1.807) is 0 Å². The van der Waals surface area contributed by atoms with Crippen LogP contribution in [0.4, 0.5) is 0 Å². The molecule has 0 aromatic carbocycles. The highest BCUT2D eigenvalue weighted by atomic mass is 16.3. The first-order valence-electron chi connectivity index (χ1n) is 3.80. The van der Waals surface area contributed by atoms with Crippen molar-refractivity contribution in [2.24, 2.45) is 5.41 Å². The third kappa shape index (κ3) is 1.68. The van der Waals surface area contributed by atoms with Crippen LogP contribution in [0.1, 0.15) is 39.5 Å². The fourth-order valence-electron chi connectivity index (χ4n) is 1.70. The van der Waals surface area contributed by atoms with Gasteiger partial charge in [-0.2, -0.15) is 0 Å². The van der Waals surface area contributed by atoms with Crippen LogP contribution in [-0.4, -0.2) is 11.2 Å². The molecule has 0 heterocycles. The van der Waals surface area contributed by atoms with Crippen LogP contribution in [-0.2, 0) is 0 Å². The molecule has 1 fully saturated rings. The molecular formula is C8H16O. The molecule has 0 amide bonds. The summed E-state index contributed by atoms with van der Waals surface area (Å²) in [5, 5.41) is 9.05. The molecule has 1 aliphatic rings. The molecule has 0 radical (unpaired) electrons. The van der Waals surface area contributed by atoms with Gasteiger partial charge in [0.15, 0.2) is 0 Å². The predicted octanol–water partition coefficient (Wildman–Crippen LogP) is 1.95. The Morgan fingerprint density at radius 1 is 1.56 bits per heavy atom. The normalized spacial score (nSPS) is 27.0. The van der Waals surface area contributed by atoms with Gasteiger partial charge in [0.1, 0.15) is 0 Å². The lowest BCUT2D eigenvalue weighted by Crippen LogP contribution is -2.29. The SMILES string of the molecule is CC(O)CC1(C)CCC1. The predicted molar refractivity (Wildman–Crippen MR) is 38.3 cm³/mol. The van der Waals surface area contributed by atoms with Gasteiger partial charge in [0, 0.05) is 0 Å². The molecule has 1 heteroatoms. The molecule has 0 bridgehead atoms. The van der Waals surface area contributed by atoms with E-state index in [1.807, 2.05) is 6.92 Å². The molecule has 0 spiro atoms. The molecule has 0 aromatic rings. The van der Waals surface area contributed by atoms with E-state index in [2.05, 4.69) is 6.92 Å². The van der Waals surface area contributed by atoms with Crippen molar-refractivity contribution in [1.29, 1.82) is 0 Å². The van der Waals surface area contributed by atoms with E-state index in [-0.39, 0.29) is 6.10 Å². The van der Waals surface area contributed by atoms with E-state index < -0.39 is 0 Å². The summed E-state index contributed by atoms with van der Waals surface area (Å²) in [5.41, 5.74) is 0.494. The minimum atomic E-state index is -0.102. The van der Waals surface area contributed by atoms with Crippen LogP contribution < -0.4 is 0 Å². The highest BCUT2D eigenvalue weighted by Gasteiger charge is 2.32. The van der Waals surface area contributed by atoms with E-state index in [1.165, 1.54) is 19.3 Å². The summed E-state index contributed by atoms with van der Waals surface area (Å²) >= 11 is 0. The largest absolute Gasteiger partial charge is 0.393 e. The number of rotatable bonds is 2. The van der Waals surface area contributed by atoms with Gasteiger partial charge in [0.05, 0.1) is 6.10 Å². The summed E-state index contributed by atoms with van der Waals surface area (Å²) in [6.45, 7) is 4.15. The second-order valence-electron chi connectivity index (χ2n) is 3.72. The van der Waals surface area contributed by atoms with Crippen molar-refractivity contribution >= 4 is 0 Å². The minimum Gasteiger partial charge on any atom is -0.393 e. The molecule has 1 rings (SSSR count). The zero-order valence-electron chi connectivity index (χ0n) is 6.35. The Balaban J connectivity index is 2.24. The molecule has 0 aliphatic heterocycles. The van der Waals surface area contributed by atoms with Gasteiger partial charge in [-0.25, -0.2) is 0 Å². The number of aliphatic hydroxyl groups excluding tert-OH is 1. The summed E-state index contributed by atoms with van der Waals surface area (Å²) in [6.07, 6.45) is 4.89. The fraction of sp³-hybridized carbons (Fsp3) is 1.00. The monoisotopic (exact) mass is 128 g/mol. The molecular weight excluding hydrogens is 112 g/mol. The van der Waals surface area contributed by atoms with Gasteiger partial charge in [0.25, 0.3) is 0 Å². The van der Waals surface area contributed by atoms with Crippen molar-refractivity contribution in [3.63, 3.8) is 0 Å². The smallest absolute Gasteiger partial charge is 0.0517 e. The van der Waals surface area contributed by atoms with Gasteiger partial charge >= 0.3 is 0 Å². The molecule has 1 nitrogen and oxygen atoms in total. The maximum absolute atomic E-state index is 9.05. The van der Waals surface area contributed by atoms with Crippen LogP contribution in [0.2, 0.25) is 0 Å². The van der Waals surface area contributed by atoms with Crippen molar-refractivity contribution in [3.05, 3.63) is 0 Å². The standard InChI is InChI=1S/C8H16O/c1-7(9)6-8(2)4-3-5-8/h7,9H,3-6H2,1-2H3. The van der Waals surface area contributed by atoms with Gasteiger partial charge in [-0.1, -0.05) is 13.3 Å². The average molecular weight is 128 g/mol. The fourth-order valence-corrected chi connectivity index (χ4v) is 1.70.